The quantitative estimate of drug-likeness (QED) is 0.794. The van der Waals surface area contributed by atoms with Crippen LogP contribution >= 0.6 is 23.2 Å². The Morgan fingerprint density at radius 1 is 1.04 bits per heavy atom. The minimum atomic E-state index is -0.245. The number of nitrogens with one attached hydrogen (secondary N) is 2. The summed E-state index contributed by atoms with van der Waals surface area (Å²) in [5.74, 6) is 0.858. The fourth-order valence-corrected chi connectivity index (χ4v) is 2.44. The van der Waals surface area contributed by atoms with E-state index in [2.05, 4.69) is 10.6 Å². The van der Waals surface area contributed by atoms with Gasteiger partial charge in [0.1, 0.15) is 11.5 Å². The first-order valence-electron chi connectivity index (χ1n) is 7.16. The van der Waals surface area contributed by atoms with Gasteiger partial charge in [-0.25, -0.2) is 0 Å². The molecular weight excluding hydrogens is 351 g/mol. The van der Waals surface area contributed by atoms with Gasteiger partial charge in [0.25, 0.3) is 0 Å². The number of carbonyl (C=O) groups excluding carboxylic acids is 1. The van der Waals surface area contributed by atoms with Crippen molar-refractivity contribution in [1.29, 1.82) is 0 Å². The van der Waals surface area contributed by atoms with Crippen molar-refractivity contribution in [3.63, 3.8) is 0 Å². The van der Waals surface area contributed by atoms with Gasteiger partial charge in [0, 0.05) is 16.1 Å². The Morgan fingerprint density at radius 2 is 1.75 bits per heavy atom. The van der Waals surface area contributed by atoms with Crippen molar-refractivity contribution < 1.29 is 14.3 Å². The Labute approximate surface area is 150 Å². The molecule has 0 aliphatic rings. The molecule has 2 aromatic rings. The predicted octanol–water partition coefficient (Wildman–Crippen LogP) is 4.37. The highest BCUT2D eigenvalue weighted by atomic mass is 35.5. The van der Waals surface area contributed by atoms with Gasteiger partial charge >= 0.3 is 0 Å². The smallest absolute Gasteiger partial charge is 0.243 e. The van der Waals surface area contributed by atoms with Crippen molar-refractivity contribution in [3.8, 4) is 11.5 Å². The minimum absolute atomic E-state index is 0.0487. The van der Waals surface area contributed by atoms with Crippen LogP contribution in [0.2, 0.25) is 10.0 Å². The van der Waals surface area contributed by atoms with Crippen molar-refractivity contribution in [3.05, 3.63) is 45.9 Å². The third kappa shape index (κ3) is 4.46. The lowest BCUT2D eigenvalue weighted by atomic mass is 10.2. The summed E-state index contributed by atoms with van der Waals surface area (Å²) in [6, 6.07) is 8.55. The Balaban J connectivity index is 2.07. The molecule has 0 atom stereocenters. The molecule has 0 saturated carbocycles. The number of hydrogen-bond donors (Lipinski definition) is 2. The number of anilines is 2. The van der Waals surface area contributed by atoms with E-state index in [1.165, 1.54) is 7.11 Å². The van der Waals surface area contributed by atoms with E-state index in [1.807, 2.05) is 13.0 Å². The SMILES string of the molecule is COc1cc(Cl)c(C)cc1NCC(=O)Nc1cc(Cl)ccc1OC. The average Bonchev–Trinajstić information content (AvgIpc) is 2.55. The fraction of sp³-hybridized carbons (Fsp3) is 0.235. The summed E-state index contributed by atoms with van der Waals surface area (Å²) in [7, 11) is 3.07. The predicted molar refractivity (Wildman–Crippen MR) is 97.9 cm³/mol. The summed E-state index contributed by atoms with van der Waals surface area (Å²) in [6.45, 7) is 1.93. The van der Waals surface area contributed by atoms with Gasteiger partial charge in [-0.05, 0) is 36.8 Å². The van der Waals surface area contributed by atoms with Crippen molar-refractivity contribution >= 4 is 40.5 Å². The van der Waals surface area contributed by atoms with Crippen molar-refractivity contribution in [2.75, 3.05) is 31.4 Å². The monoisotopic (exact) mass is 368 g/mol. The van der Waals surface area contributed by atoms with E-state index in [0.717, 1.165) is 5.56 Å². The number of benzene rings is 2. The van der Waals surface area contributed by atoms with Gasteiger partial charge in [-0.1, -0.05) is 23.2 Å². The molecule has 2 N–H and O–H groups in total. The molecule has 128 valence electrons. The van der Waals surface area contributed by atoms with E-state index >= 15 is 0 Å². The highest BCUT2D eigenvalue weighted by molar-refractivity contribution is 6.31. The van der Waals surface area contributed by atoms with Crippen LogP contribution in [0.5, 0.6) is 11.5 Å². The molecule has 2 aromatic carbocycles. The molecular formula is C17H18Cl2N2O3. The second kappa shape index (κ2) is 8.13. The lowest BCUT2D eigenvalue weighted by molar-refractivity contribution is -0.114. The molecule has 0 aromatic heterocycles. The lowest BCUT2D eigenvalue weighted by Gasteiger charge is -2.14. The summed E-state index contributed by atoms with van der Waals surface area (Å²) >= 11 is 12.0. The van der Waals surface area contributed by atoms with Crippen LogP contribution in [0.15, 0.2) is 30.3 Å². The first-order valence-corrected chi connectivity index (χ1v) is 7.91. The number of aryl methyl sites for hydroxylation is 1. The third-order valence-electron chi connectivity index (χ3n) is 3.36. The number of halogens is 2. The van der Waals surface area contributed by atoms with Crippen molar-refractivity contribution in [2.24, 2.45) is 0 Å². The zero-order chi connectivity index (χ0) is 17.7. The number of carbonyl (C=O) groups is 1. The van der Waals surface area contributed by atoms with E-state index in [1.54, 1.807) is 31.4 Å². The van der Waals surface area contributed by atoms with Gasteiger partial charge < -0.3 is 20.1 Å². The summed E-state index contributed by atoms with van der Waals surface area (Å²) in [6.07, 6.45) is 0. The van der Waals surface area contributed by atoms with E-state index in [4.69, 9.17) is 32.7 Å². The summed E-state index contributed by atoms with van der Waals surface area (Å²) in [4.78, 5) is 12.2. The zero-order valence-corrected chi connectivity index (χ0v) is 15.1. The molecule has 0 fully saturated rings. The highest BCUT2D eigenvalue weighted by Crippen LogP contribution is 2.31. The van der Waals surface area contributed by atoms with Crippen molar-refractivity contribution in [1.82, 2.24) is 0 Å². The van der Waals surface area contributed by atoms with Gasteiger partial charge in [-0.3, -0.25) is 4.79 Å². The van der Waals surface area contributed by atoms with E-state index in [0.29, 0.717) is 32.9 Å². The van der Waals surface area contributed by atoms with Gasteiger partial charge in [-0.15, -0.1) is 0 Å². The Kier molecular flexibility index (Phi) is 6.17. The van der Waals surface area contributed by atoms with Crippen LogP contribution in [-0.2, 0) is 4.79 Å². The molecule has 2 rings (SSSR count). The summed E-state index contributed by atoms with van der Waals surface area (Å²) in [5, 5.41) is 6.90. The van der Waals surface area contributed by atoms with Crippen LogP contribution in [0.1, 0.15) is 5.56 Å². The molecule has 5 nitrogen and oxygen atoms in total. The van der Waals surface area contributed by atoms with Crippen LogP contribution in [0.25, 0.3) is 0 Å². The number of rotatable bonds is 6. The van der Waals surface area contributed by atoms with Crippen LogP contribution in [0, 0.1) is 6.92 Å². The molecule has 7 heteroatoms. The number of hydrogen-bond acceptors (Lipinski definition) is 4. The Hall–Kier alpha value is -2.11. The third-order valence-corrected chi connectivity index (χ3v) is 4.00. The molecule has 0 saturated heterocycles. The van der Waals surface area contributed by atoms with Crippen LogP contribution < -0.4 is 20.1 Å². The molecule has 0 aliphatic heterocycles. The lowest BCUT2D eigenvalue weighted by Crippen LogP contribution is -2.22. The number of methoxy groups -OCH3 is 2. The van der Waals surface area contributed by atoms with Crippen LogP contribution in [0.3, 0.4) is 0 Å². The summed E-state index contributed by atoms with van der Waals surface area (Å²) < 4.78 is 10.5. The first kappa shape index (κ1) is 18.2. The van der Waals surface area contributed by atoms with E-state index in [9.17, 15) is 4.79 Å². The second-order valence-corrected chi connectivity index (χ2v) is 5.89. The molecule has 0 bridgehead atoms. The largest absolute Gasteiger partial charge is 0.495 e. The molecule has 0 spiro atoms. The Morgan fingerprint density at radius 3 is 2.42 bits per heavy atom. The molecule has 0 radical (unpaired) electrons. The second-order valence-electron chi connectivity index (χ2n) is 5.05. The molecule has 0 aliphatic carbocycles. The zero-order valence-electron chi connectivity index (χ0n) is 13.6. The normalized spacial score (nSPS) is 10.2. The maximum Gasteiger partial charge on any atom is 0.243 e. The number of ether oxygens (including phenoxy) is 2. The standard InChI is InChI=1S/C17H18Cl2N2O3/c1-10-6-13(16(24-3)8-12(10)19)20-9-17(22)21-14-7-11(18)4-5-15(14)23-2/h4-8,20H,9H2,1-3H3,(H,21,22). The first-order chi connectivity index (χ1) is 11.4. The average molecular weight is 369 g/mol. The summed E-state index contributed by atoms with van der Waals surface area (Å²) in [5.41, 5.74) is 2.08. The molecule has 0 unspecified atom stereocenters. The fourth-order valence-electron chi connectivity index (χ4n) is 2.12. The minimum Gasteiger partial charge on any atom is -0.495 e. The van der Waals surface area contributed by atoms with Gasteiger partial charge in [-0.2, -0.15) is 0 Å². The van der Waals surface area contributed by atoms with E-state index < -0.39 is 0 Å². The van der Waals surface area contributed by atoms with Crippen molar-refractivity contribution in [2.45, 2.75) is 6.92 Å². The van der Waals surface area contributed by atoms with Gasteiger partial charge in [0.2, 0.25) is 5.91 Å². The number of amides is 1. The van der Waals surface area contributed by atoms with Crippen LogP contribution in [-0.4, -0.2) is 26.7 Å². The molecule has 24 heavy (non-hydrogen) atoms. The maximum atomic E-state index is 12.2. The van der Waals surface area contributed by atoms with Gasteiger partial charge in [0.15, 0.2) is 0 Å². The molecule has 0 heterocycles. The van der Waals surface area contributed by atoms with Gasteiger partial charge in [0.05, 0.1) is 32.1 Å². The van der Waals surface area contributed by atoms with E-state index in [-0.39, 0.29) is 12.5 Å². The maximum absolute atomic E-state index is 12.2. The Bertz CT molecular complexity index is 751. The topological polar surface area (TPSA) is 59.6 Å². The highest BCUT2D eigenvalue weighted by Gasteiger charge is 2.11. The molecule has 1 amide bonds. The van der Waals surface area contributed by atoms with Crippen LogP contribution in [0.4, 0.5) is 11.4 Å².